The van der Waals surface area contributed by atoms with E-state index in [4.69, 9.17) is 10.5 Å². The van der Waals surface area contributed by atoms with E-state index in [1.807, 2.05) is 6.92 Å². The molecule has 0 atom stereocenters. The molecule has 8 heteroatoms. The van der Waals surface area contributed by atoms with Gasteiger partial charge in [0.05, 0.1) is 6.61 Å². The largest absolute Gasteiger partial charge is 0.494 e. The van der Waals surface area contributed by atoms with Crippen molar-refractivity contribution in [3.63, 3.8) is 0 Å². The fraction of sp³-hybridized carbons (Fsp3) is 0.292. The van der Waals surface area contributed by atoms with E-state index >= 15 is 0 Å². The number of hydrogen-bond acceptors (Lipinski definition) is 7. The third kappa shape index (κ3) is 4.91. The number of rotatable bonds is 6. The lowest BCUT2D eigenvalue weighted by molar-refractivity contribution is 0.102. The van der Waals surface area contributed by atoms with Gasteiger partial charge >= 0.3 is 0 Å². The number of nitrogens with zero attached hydrogens (tertiary/aromatic N) is 4. The summed E-state index contributed by atoms with van der Waals surface area (Å²) in [7, 11) is 0. The summed E-state index contributed by atoms with van der Waals surface area (Å²) in [6.07, 6.45) is 1.49. The van der Waals surface area contributed by atoms with Crippen LogP contribution in [0.2, 0.25) is 0 Å². The monoisotopic (exact) mass is 432 g/mol. The van der Waals surface area contributed by atoms with Crippen molar-refractivity contribution in [1.82, 2.24) is 9.97 Å². The van der Waals surface area contributed by atoms with Gasteiger partial charge in [0.25, 0.3) is 5.91 Å². The lowest BCUT2D eigenvalue weighted by Crippen LogP contribution is -2.47. The zero-order chi connectivity index (χ0) is 22.5. The van der Waals surface area contributed by atoms with E-state index < -0.39 is 0 Å². The molecule has 1 aliphatic rings. The normalized spacial score (nSPS) is 13.7. The van der Waals surface area contributed by atoms with E-state index in [1.54, 1.807) is 24.3 Å². The second-order valence-electron chi connectivity index (χ2n) is 7.69. The Bertz CT molecular complexity index is 1080. The Labute approximate surface area is 188 Å². The molecule has 0 saturated carbocycles. The van der Waals surface area contributed by atoms with Crippen LogP contribution in [0.5, 0.6) is 5.75 Å². The molecule has 1 amide bonds. The van der Waals surface area contributed by atoms with Crippen LogP contribution in [0, 0.1) is 6.92 Å². The Kier molecular flexibility index (Phi) is 6.39. The van der Waals surface area contributed by atoms with Gasteiger partial charge in [0.15, 0.2) is 0 Å². The molecule has 32 heavy (non-hydrogen) atoms. The highest BCUT2D eigenvalue weighted by Crippen LogP contribution is 2.22. The van der Waals surface area contributed by atoms with Gasteiger partial charge in [-0.15, -0.1) is 0 Å². The van der Waals surface area contributed by atoms with Crippen molar-refractivity contribution < 1.29 is 9.53 Å². The summed E-state index contributed by atoms with van der Waals surface area (Å²) in [5.74, 6) is 1.12. The molecular weight excluding hydrogens is 404 g/mol. The number of aryl methyl sites for hydroxylation is 1. The van der Waals surface area contributed by atoms with Crippen molar-refractivity contribution in [1.29, 1.82) is 0 Å². The molecule has 4 rings (SSSR count). The molecule has 1 aliphatic heterocycles. The SMILES string of the molecule is CCOc1ccc(NC(=O)c2cnc(N3CCN(c4cccc(C)c4)CC3)nc2N)cc1. The molecule has 3 N–H and O–H groups in total. The minimum Gasteiger partial charge on any atom is -0.494 e. The lowest BCUT2D eigenvalue weighted by Gasteiger charge is -2.36. The van der Waals surface area contributed by atoms with Crippen LogP contribution in [0.3, 0.4) is 0 Å². The van der Waals surface area contributed by atoms with Crippen LogP contribution in [0.25, 0.3) is 0 Å². The number of benzene rings is 2. The maximum atomic E-state index is 12.6. The average Bonchev–Trinajstić information content (AvgIpc) is 2.80. The highest BCUT2D eigenvalue weighted by Gasteiger charge is 2.21. The third-order valence-electron chi connectivity index (χ3n) is 5.40. The van der Waals surface area contributed by atoms with Crippen molar-refractivity contribution in [2.24, 2.45) is 0 Å². The van der Waals surface area contributed by atoms with Crippen LogP contribution in [0.4, 0.5) is 23.1 Å². The molecular formula is C24H28N6O2. The van der Waals surface area contributed by atoms with Gasteiger partial charge < -0.3 is 25.6 Å². The van der Waals surface area contributed by atoms with Gasteiger partial charge in [-0.1, -0.05) is 12.1 Å². The number of ether oxygens (including phenoxy) is 1. The molecule has 3 aromatic rings. The topological polar surface area (TPSA) is 96.6 Å². The number of anilines is 4. The number of carbonyl (C=O) groups excluding carboxylic acids is 1. The summed E-state index contributed by atoms with van der Waals surface area (Å²) in [4.78, 5) is 25.9. The van der Waals surface area contributed by atoms with Gasteiger partial charge in [0, 0.05) is 43.8 Å². The molecule has 0 spiro atoms. The highest BCUT2D eigenvalue weighted by atomic mass is 16.5. The molecule has 0 aliphatic carbocycles. The summed E-state index contributed by atoms with van der Waals surface area (Å²) in [6, 6.07) is 15.7. The van der Waals surface area contributed by atoms with E-state index in [0.717, 1.165) is 31.9 Å². The first-order chi connectivity index (χ1) is 15.5. The van der Waals surface area contributed by atoms with Gasteiger partial charge in [0.2, 0.25) is 5.95 Å². The first-order valence-corrected chi connectivity index (χ1v) is 10.8. The highest BCUT2D eigenvalue weighted by molar-refractivity contribution is 6.07. The minimum atomic E-state index is -0.345. The van der Waals surface area contributed by atoms with Crippen LogP contribution < -0.4 is 25.6 Å². The maximum Gasteiger partial charge on any atom is 0.260 e. The molecule has 1 aromatic heterocycles. The smallest absolute Gasteiger partial charge is 0.260 e. The van der Waals surface area contributed by atoms with Crippen molar-refractivity contribution in [2.75, 3.05) is 53.6 Å². The van der Waals surface area contributed by atoms with E-state index in [1.165, 1.54) is 17.4 Å². The molecule has 1 saturated heterocycles. The standard InChI is InChI=1S/C24H28N6O2/c1-3-32-20-9-7-18(8-10-20)27-23(31)21-16-26-24(28-22(21)25)30-13-11-29(12-14-30)19-6-4-5-17(2)15-19/h4-10,15-16H,3,11-14H2,1-2H3,(H,27,31)(H2,25,26,28). The molecule has 8 nitrogen and oxygen atoms in total. The Hall–Kier alpha value is -3.81. The summed E-state index contributed by atoms with van der Waals surface area (Å²) >= 11 is 0. The molecule has 0 radical (unpaired) electrons. The van der Waals surface area contributed by atoms with E-state index in [2.05, 4.69) is 56.3 Å². The van der Waals surface area contributed by atoms with E-state index in [-0.39, 0.29) is 17.3 Å². The van der Waals surface area contributed by atoms with Crippen molar-refractivity contribution in [3.05, 3.63) is 65.9 Å². The minimum absolute atomic E-state index is 0.166. The Morgan fingerprint density at radius 1 is 1.09 bits per heavy atom. The molecule has 0 bridgehead atoms. The number of amides is 1. The molecule has 166 valence electrons. The number of piperazine rings is 1. The van der Waals surface area contributed by atoms with Crippen LogP contribution in [-0.4, -0.2) is 48.7 Å². The predicted octanol–water partition coefficient (Wildman–Crippen LogP) is 3.34. The first-order valence-electron chi connectivity index (χ1n) is 10.8. The number of aromatic nitrogens is 2. The Morgan fingerprint density at radius 2 is 1.81 bits per heavy atom. The summed E-state index contributed by atoms with van der Waals surface area (Å²) in [5, 5.41) is 2.82. The predicted molar refractivity (Wildman–Crippen MR) is 128 cm³/mol. The molecule has 1 fully saturated rings. The van der Waals surface area contributed by atoms with Gasteiger partial charge in [-0.3, -0.25) is 4.79 Å². The van der Waals surface area contributed by atoms with E-state index in [9.17, 15) is 4.79 Å². The zero-order valence-electron chi connectivity index (χ0n) is 18.4. The van der Waals surface area contributed by atoms with Gasteiger partial charge in [-0.25, -0.2) is 4.98 Å². The van der Waals surface area contributed by atoms with Crippen molar-refractivity contribution in [2.45, 2.75) is 13.8 Å². The Balaban J connectivity index is 1.38. The number of carbonyl (C=O) groups is 1. The second-order valence-corrected chi connectivity index (χ2v) is 7.69. The van der Waals surface area contributed by atoms with Gasteiger partial charge in [0.1, 0.15) is 17.1 Å². The van der Waals surface area contributed by atoms with Crippen LogP contribution >= 0.6 is 0 Å². The molecule has 0 unspecified atom stereocenters. The first kappa shape index (κ1) is 21.4. The summed E-state index contributed by atoms with van der Waals surface area (Å²) < 4.78 is 5.42. The Morgan fingerprint density at radius 3 is 2.47 bits per heavy atom. The number of nitrogens with two attached hydrogens (primary N) is 1. The van der Waals surface area contributed by atoms with E-state index in [0.29, 0.717) is 18.2 Å². The third-order valence-corrected chi connectivity index (χ3v) is 5.40. The van der Waals surface area contributed by atoms with Crippen molar-refractivity contribution in [3.8, 4) is 5.75 Å². The number of hydrogen-bond donors (Lipinski definition) is 2. The quantitative estimate of drug-likeness (QED) is 0.617. The molecule has 2 aromatic carbocycles. The van der Waals surface area contributed by atoms with Crippen LogP contribution in [0.1, 0.15) is 22.8 Å². The summed E-state index contributed by atoms with van der Waals surface area (Å²) in [5.41, 5.74) is 9.49. The second kappa shape index (κ2) is 9.55. The van der Waals surface area contributed by atoms with Gasteiger partial charge in [-0.05, 0) is 55.8 Å². The fourth-order valence-electron chi connectivity index (χ4n) is 3.70. The fourth-order valence-corrected chi connectivity index (χ4v) is 3.70. The lowest BCUT2D eigenvalue weighted by atomic mass is 10.2. The number of nitrogens with one attached hydrogen (secondary N) is 1. The van der Waals surface area contributed by atoms with Crippen molar-refractivity contribution >= 4 is 29.0 Å². The maximum absolute atomic E-state index is 12.6. The zero-order valence-corrected chi connectivity index (χ0v) is 18.4. The van der Waals surface area contributed by atoms with Crippen LogP contribution in [0.15, 0.2) is 54.7 Å². The van der Waals surface area contributed by atoms with Crippen LogP contribution in [-0.2, 0) is 0 Å². The summed E-state index contributed by atoms with van der Waals surface area (Å²) in [6.45, 7) is 7.92. The average molecular weight is 433 g/mol. The molecule has 2 heterocycles. The number of nitrogen functional groups attached to an aromatic ring is 1. The van der Waals surface area contributed by atoms with Gasteiger partial charge in [-0.2, -0.15) is 4.98 Å².